The van der Waals surface area contributed by atoms with Crippen molar-refractivity contribution in [2.75, 3.05) is 21.3 Å². The molecule has 1 N–H and O–H groups in total. The lowest BCUT2D eigenvalue weighted by Crippen LogP contribution is -2.06. The van der Waals surface area contributed by atoms with E-state index in [9.17, 15) is 0 Å². The zero-order valence-electron chi connectivity index (χ0n) is 11.6. The predicted molar refractivity (Wildman–Crippen MR) is 73.5 cm³/mol. The summed E-state index contributed by atoms with van der Waals surface area (Å²) in [6.07, 6.45) is 0. The van der Waals surface area contributed by atoms with Crippen LogP contribution in [-0.4, -0.2) is 25.8 Å². The summed E-state index contributed by atoms with van der Waals surface area (Å²) in [5, 5.41) is 4.34. The van der Waals surface area contributed by atoms with Crippen molar-refractivity contribution in [2.24, 2.45) is 7.05 Å². The second kappa shape index (κ2) is 4.90. The van der Waals surface area contributed by atoms with Gasteiger partial charge in [-0.05, 0) is 31.7 Å². The number of methoxy groups -OCH3 is 2. The van der Waals surface area contributed by atoms with Gasteiger partial charge in [-0.2, -0.15) is 0 Å². The van der Waals surface area contributed by atoms with Crippen molar-refractivity contribution in [3.8, 4) is 11.5 Å². The zero-order valence-corrected chi connectivity index (χ0v) is 11.6. The summed E-state index contributed by atoms with van der Waals surface area (Å²) >= 11 is 0. The van der Waals surface area contributed by atoms with Crippen molar-refractivity contribution < 1.29 is 9.47 Å². The predicted octanol–water partition coefficient (Wildman–Crippen LogP) is 2.22. The number of benzene rings is 1. The number of aryl methyl sites for hydroxylation is 1. The Kier molecular flexibility index (Phi) is 3.48. The van der Waals surface area contributed by atoms with Crippen LogP contribution < -0.4 is 14.8 Å². The molecule has 0 radical (unpaired) electrons. The molecule has 2 rings (SSSR count). The highest BCUT2D eigenvalue weighted by Gasteiger charge is 2.18. The summed E-state index contributed by atoms with van der Waals surface area (Å²) in [6, 6.07) is 3.91. The average Bonchev–Trinajstić information content (AvgIpc) is 2.64. The van der Waals surface area contributed by atoms with E-state index in [0.717, 1.165) is 28.9 Å². The van der Waals surface area contributed by atoms with Gasteiger partial charge in [0, 0.05) is 19.3 Å². The first kappa shape index (κ1) is 12.8. The molecule has 0 unspecified atom stereocenters. The van der Waals surface area contributed by atoms with Gasteiger partial charge in [-0.1, -0.05) is 0 Å². The molecule has 0 spiro atoms. The SMILES string of the molecule is CNCc1c(C)n(C)c2c(OC)ccc(OC)c12. The lowest BCUT2D eigenvalue weighted by atomic mass is 10.1. The molecule has 98 valence electrons. The molecule has 1 aromatic heterocycles. The van der Waals surface area contributed by atoms with Gasteiger partial charge in [0.25, 0.3) is 0 Å². The fourth-order valence-corrected chi connectivity index (χ4v) is 2.46. The molecule has 0 saturated carbocycles. The Bertz CT molecular complexity index is 573. The molecular weight excluding hydrogens is 228 g/mol. The van der Waals surface area contributed by atoms with Gasteiger partial charge in [0.2, 0.25) is 0 Å². The van der Waals surface area contributed by atoms with Crippen molar-refractivity contribution in [2.45, 2.75) is 13.5 Å². The summed E-state index contributed by atoms with van der Waals surface area (Å²) in [7, 11) is 7.40. The van der Waals surface area contributed by atoms with Crippen molar-refractivity contribution in [3.63, 3.8) is 0 Å². The maximum atomic E-state index is 5.49. The highest BCUT2D eigenvalue weighted by Crippen LogP contribution is 2.38. The number of hydrogen-bond donors (Lipinski definition) is 1. The molecule has 4 nitrogen and oxygen atoms in total. The molecule has 4 heteroatoms. The van der Waals surface area contributed by atoms with Crippen LogP contribution in [0.15, 0.2) is 12.1 Å². The summed E-state index contributed by atoms with van der Waals surface area (Å²) in [4.78, 5) is 0. The fourth-order valence-electron chi connectivity index (χ4n) is 2.46. The minimum atomic E-state index is 0.812. The monoisotopic (exact) mass is 248 g/mol. The third-order valence-corrected chi connectivity index (χ3v) is 3.47. The normalized spacial score (nSPS) is 10.9. The van der Waals surface area contributed by atoms with Gasteiger partial charge in [0.1, 0.15) is 11.5 Å². The average molecular weight is 248 g/mol. The first-order valence-electron chi connectivity index (χ1n) is 5.99. The van der Waals surface area contributed by atoms with Gasteiger partial charge >= 0.3 is 0 Å². The Morgan fingerprint density at radius 2 is 1.78 bits per heavy atom. The van der Waals surface area contributed by atoms with Crippen molar-refractivity contribution >= 4 is 10.9 Å². The number of rotatable bonds is 4. The maximum Gasteiger partial charge on any atom is 0.143 e. The van der Waals surface area contributed by atoms with Crippen LogP contribution in [0, 0.1) is 6.92 Å². The van der Waals surface area contributed by atoms with Crippen LogP contribution in [0.2, 0.25) is 0 Å². The third kappa shape index (κ3) is 1.73. The molecule has 0 aliphatic carbocycles. The highest BCUT2D eigenvalue weighted by atomic mass is 16.5. The lowest BCUT2D eigenvalue weighted by molar-refractivity contribution is 0.409. The zero-order chi connectivity index (χ0) is 13.3. The van der Waals surface area contributed by atoms with Crippen LogP contribution in [0.3, 0.4) is 0 Å². The van der Waals surface area contributed by atoms with E-state index in [1.54, 1.807) is 14.2 Å². The van der Waals surface area contributed by atoms with E-state index in [4.69, 9.17) is 9.47 Å². The standard InChI is InChI=1S/C14H20N2O2/c1-9-10(8-15-2)13-11(17-4)6-7-12(18-5)14(13)16(9)3/h6-7,15H,8H2,1-5H3. The highest BCUT2D eigenvalue weighted by molar-refractivity contribution is 5.95. The Morgan fingerprint density at radius 1 is 1.17 bits per heavy atom. The van der Waals surface area contributed by atoms with E-state index < -0.39 is 0 Å². The Hall–Kier alpha value is -1.68. The topological polar surface area (TPSA) is 35.4 Å². The van der Waals surface area contributed by atoms with E-state index in [1.807, 2.05) is 19.2 Å². The number of ether oxygens (including phenoxy) is 2. The molecule has 0 bridgehead atoms. The molecule has 2 aromatic rings. The lowest BCUT2D eigenvalue weighted by Gasteiger charge is -2.09. The van der Waals surface area contributed by atoms with Crippen LogP contribution in [0.5, 0.6) is 11.5 Å². The molecule has 0 fully saturated rings. The Labute approximate surface area is 107 Å². The van der Waals surface area contributed by atoms with Gasteiger partial charge in [0.15, 0.2) is 0 Å². The second-order valence-corrected chi connectivity index (χ2v) is 4.35. The summed E-state index contributed by atoms with van der Waals surface area (Å²) in [5.74, 6) is 1.76. The smallest absolute Gasteiger partial charge is 0.143 e. The summed E-state index contributed by atoms with van der Waals surface area (Å²) in [5.41, 5.74) is 3.56. The summed E-state index contributed by atoms with van der Waals surface area (Å²) in [6.45, 7) is 2.93. The second-order valence-electron chi connectivity index (χ2n) is 4.35. The van der Waals surface area contributed by atoms with Crippen LogP contribution in [0.1, 0.15) is 11.3 Å². The Balaban J connectivity index is 2.87. The largest absolute Gasteiger partial charge is 0.496 e. The number of nitrogens with one attached hydrogen (secondary N) is 1. The van der Waals surface area contributed by atoms with Crippen molar-refractivity contribution in [1.29, 1.82) is 0 Å². The van der Waals surface area contributed by atoms with Gasteiger partial charge in [-0.25, -0.2) is 0 Å². The van der Waals surface area contributed by atoms with Gasteiger partial charge in [-0.3, -0.25) is 0 Å². The van der Waals surface area contributed by atoms with Gasteiger partial charge < -0.3 is 19.4 Å². The van der Waals surface area contributed by atoms with E-state index in [0.29, 0.717) is 0 Å². The molecule has 0 aliphatic rings. The quantitative estimate of drug-likeness (QED) is 0.901. The van der Waals surface area contributed by atoms with E-state index in [-0.39, 0.29) is 0 Å². The molecule has 0 saturated heterocycles. The maximum absolute atomic E-state index is 5.49. The molecule has 1 heterocycles. The molecule has 1 aromatic carbocycles. The molecule has 0 atom stereocenters. The first-order valence-corrected chi connectivity index (χ1v) is 5.99. The van der Waals surface area contributed by atoms with Crippen LogP contribution in [-0.2, 0) is 13.6 Å². The number of nitrogens with zero attached hydrogens (tertiary/aromatic N) is 1. The van der Waals surface area contributed by atoms with Crippen LogP contribution in [0.25, 0.3) is 10.9 Å². The molecule has 0 aliphatic heterocycles. The van der Waals surface area contributed by atoms with Crippen molar-refractivity contribution in [3.05, 3.63) is 23.4 Å². The first-order chi connectivity index (χ1) is 8.65. The molecule has 18 heavy (non-hydrogen) atoms. The van der Waals surface area contributed by atoms with Crippen LogP contribution in [0.4, 0.5) is 0 Å². The number of fused-ring (bicyclic) bond motifs is 1. The number of aromatic nitrogens is 1. The van der Waals surface area contributed by atoms with E-state index in [2.05, 4.69) is 23.9 Å². The van der Waals surface area contributed by atoms with E-state index in [1.165, 1.54) is 11.3 Å². The van der Waals surface area contributed by atoms with Gasteiger partial charge in [-0.15, -0.1) is 0 Å². The summed E-state index contributed by atoms with van der Waals surface area (Å²) < 4.78 is 13.1. The molecule has 0 amide bonds. The van der Waals surface area contributed by atoms with Crippen molar-refractivity contribution in [1.82, 2.24) is 9.88 Å². The van der Waals surface area contributed by atoms with E-state index >= 15 is 0 Å². The minimum absolute atomic E-state index is 0.812. The third-order valence-electron chi connectivity index (χ3n) is 3.47. The molecular formula is C14H20N2O2. The minimum Gasteiger partial charge on any atom is -0.496 e. The van der Waals surface area contributed by atoms with Crippen LogP contribution >= 0.6 is 0 Å². The number of hydrogen-bond acceptors (Lipinski definition) is 3. The fraction of sp³-hybridized carbons (Fsp3) is 0.429. The Morgan fingerprint density at radius 3 is 2.33 bits per heavy atom. The van der Waals surface area contributed by atoms with Gasteiger partial charge in [0.05, 0.1) is 25.1 Å².